The van der Waals surface area contributed by atoms with Gasteiger partial charge in [-0.2, -0.15) is 11.8 Å². The molecule has 0 spiro atoms. The molecule has 1 N–H and O–H groups in total. The highest BCUT2D eigenvalue weighted by Gasteiger charge is 2.23. The molecule has 1 aliphatic rings. The minimum Gasteiger partial charge on any atom is -0.393 e. The maximum atomic E-state index is 9.68. The van der Waals surface area contributed by atoms with Crippen molar-refractivity contribution in [3.05, 3.63) is 0 Å². The van der Waals surface area contributed by atoms with Crippen molar-refractivity contribution in [2.24, 2.45) is 5.92 Å². The zero-order chi connectivity index (χ0) is 8.81. The van der Waals surface area contributed by atoms with Gasteiger partial charge in [0.25, 0.3) is 0 Å². The van der Waals surface area contributed by atoms with Gasteiger partial charge in [0.2, 0.25) is 0 Å². The van der Waals surface area contributed by atoms with Crippen molar-refractivity contribution < 1.29 is 9.84 Å². The van der Waals surface area contributed by atoms with E-state index in [-0.39, 0.29) is 6.10 Å². The molecule has 1 saturated heterocycles. The molecule has 0 radical (unpaired) electrons. The molecule has 1 rings (SSSR count). The fraction of sp³-hybridized carbons (Fsp3) is 1.00. The highest BCUT2D eigenvalue weighted by Crippen LogP contribution is 2.19. The Bertz CT molecular complexity index is 113. The van der Waals surface area contributed by atoms with Crippen LogP contribution < -0.4 is 0 Å². The number of thioether (sulfide) groups is 1. The molecule has 12 heavy (non-hydrogen) atoms. The SMILES string of the molecule is CCSCCC(O)C1CCOC1. The topological polar surface area (TPSA) is 29.5 Å². The van der Waals surface area contributed by atoms with Crippen LogP contribution in [0.5, 0.6) is 0 Å². The second-order valence-corrected chi connectivity index (χ2v) is 4.57. The number of aliphatic hydroxyl groups is 1. The average molecular weight is 190 g/mol. The van der Waals surface area contributed by atoms with Gasteiger partial charge in [-0.05, 0) is 24.3 Å². The Kier molecular flexibility index (Phi) is 5.04. The second kappa shape index (κ2) is 5.84. The number of hydrogen-bond donors (Lipinski definition) is 1. The normalized spacial score (nSPS) is 26.0. The maximum absolute atomic E-state index is 9.68. The molecule has 2 unspecified atom stereocenters. The van der Waals surface area contributed by atoms with Gasteiger partial charge in [-0.3, -0.25) is 0 Å². The van der Waals surface area contributed by atoms with Gasteiger partial charge in [0.05, 0.1) is 12.7 Å². The summed E-state index contributed by atoms with van der Waals surface area (Å²) in [6.07, 6.45) is 1.83. The molecule has 1 aliphatic heterocycles. The van der Waals surface area contributed by atoms with E-state index in [4.69, 9.17) is 4.74 Å². The van der Waals surface area contributed by atoms with E-state index >= 15 is 0 Å². The zero-order valence-electron chi connectivity index (χ0n) is 7.66. The lowest BCUT2D eigenvalue weighted by molar-refractivity contribution is 0.0896. The molecule has 1 heterocycles. The van der Waals surface area contributed by atoms with Crippen molar-refractivity contribution in [1.82, 2.24) is 0 Å². The molecule has 3 heteroatoms. The summed E-state index contributed by atoms with van der Waals surface area (Å²) in [6.45, 7) is 3.75. The third-order valence-electron chi connectivity index (χ3n) is 2.27. The van der Waals surface area contributed by atoms with E-state index in [2.05, 4.69) is 6.92 Å². The minimum absolute atomic E-state index is 0.133. The van der Waals surface area contributed by atoms with Crippen LogP contribution in [0.3, 0.4) is 0 Å². The van der Waals surface area contributed by atoms with Gasteiger partial charge in [-0.15, -0.1) is 0 Å². The molecule has 2 nitrogen and oxygen atoms in total. The molecule has 2 atom stereocenters. The van der Waals surface area contributed by atoms with E-state index in [1.165, 1.54) is 0 Å². The second-order valence-electron chi connectivity index (χ2n) is 3.18. The first-order chi connectivity index (χ1) is 5.84. The van der Waals surface area contributed by atoms with Crippen LogP contribution in [-0.2, 0) is 4.74 Å². The lowest BCUT2D eigenvalue weighted by atomic mass is 10.0. The number of ether oxygens (including phenoxy) is 1. The first-order valence-electron chi connectivity index (χ1n) is 4.68. The van der Waals surface area contributed by atoms with Crippen LogP contribution >= 0.6 is 11.8 Å². The number of aliphatic hydroxyl groups excluding tert-OH is 1. The first-order valence-corrected chi connectivity index (χ1v) is 5.83. The van der Waals surface area contributed by atoms with E-state index in [9.17, 15) is 5.11 Å². The summed E-state index contributed by atoms with van der Waals surface area (Å²) >= 11 is 1.89. The summed E-state index contributed by atoms with van der Waals surface area (Å²) in [7, 11) is 0. The fourth-order valence-corrected chi connectivity index (χ4v) is 2.14. The molecule has 0 amide bonds. The summed E-state index contributed by atoms with van der Waals surface area (Å²) in [5, 5.41) is 9.68. The summed E-state index contributed by atoms with van der Waals surface area (Å²) in [5.41, 5.74) is 0. The highest BCUT2D eigenvalue weighted by atomic mass is 32.2. The van der Waals surface area contributed by atoms with Crippen LogP contribution in [0.1, 0.15) is 19.8 Å². The summed E-state index contributed by atoms with van der Waals surface area (Å²) in [4.78, 5) is 0. The van der Waals surface area contributed by atoms with Crippen molar-refractivity contribution in [3.8, 4) is 0 Å². The number of hydrogen-bond acceptors (Lipinski definition) is 3. The van der Waals surface area contributed by atoms with E-state index in [0.717, 1.165) is 37.6 Å². The monoisotopic (exact) mass is 190 g/mol. The average Bonchev–Trinajstić information content (AvgIpc) is 2.56. The maximum Gasteiger partial charge on any atom is 0.0599 e. The smallest absolute Gasteiger partial charge is 0.0599 e. The van der Waals surface area contributed by atoms with Gasteiger partial charge >= 0.3 is 0 Å². The number of rotatable bonds is 5. The van der Waals surface area contributed by atoms with Crippen LogP contribution in [-0.4, -0.2) is 35.9 Å². The van der Waals surface area contributed by atoms with E-state index in [1.54, 1.807) is 0 Å². The Labute approximate surface area is 78.7 Å². The van der Waals surface area contributed by atoms with Crippen molar-refractivity contribution in [2.75, 3.05) is 24.7 Å². The molecule has 72 valence electrons. The first kappa shape index (κ1) is 10.4. The van der Waals surface area contributed by atoms with Crippen LogP contribution in [0.2, 0.25) is 0 Å². The molecule has 0 aromatic rings. The fourth-order valence-electron chi connectivity index (χ4n) is 1.44. The molecule has 1 fully saturated rings. The molecule has 0 aromatic carbocycles. The zero-order valence-corrected chi connectivity index (χ0v) is 8.48. The Morgan fingerprint density at radius 2 is 2.50 bits per heavy atom. The lowest BCUT2D eigenvalue weighted by Gasteiger charge is -2.15. The largest absolute Gasteiger partial charge is 0.393 e. The predicted molar refractivity (Wildman–Crippen MR) is 52.5 cm³/mol. The molecule has 0 aromatic heterocycles. The van der Waals surface area contributed by atoms with E-state index in [1.807, 2.05) is 11.8 Å². The van der Waals surface area contributed by atoms with Crippen molar-refractivity contribution in [3.63, 3.8) is 0 Å². The van der Waals surface area contributed by atoms with Gasteiger partial charge < -0.3 is 9.84 Å². The Morgan fingerprint density at radius 1 is 1.67 bits per heavy atom. The molecule has 0 bridgehead atoms. The van der Waals surface area contributed by atoms with Crippen LogP contribution in [0.25, 0.3) is 0 Å². The molecular formula is C9H18O2S. The van der Waals surface area contributed by atoms with Crippen LogP contribution in [0.15, 0.2) is 0 Å². The lowest BCUT2D eigenvalue weighted by Crippen LogP contribution is -2.21. The van der Waals surface area contributed by atoms with Crippen LogP contribution in [0.4, 0.5) is 0 Å². The standard InChI is InChI=1S/C9H18O2S/c1-2-12-6-4-9(10)8-3-5-11-7-8/h8-10H,2-7H2,1H3. The Balaban J connectivity index is 2.05. The summed E-state index contributed by atoms with van der Waals surface area (Å²) < 4.78 is 5.22. The van der Waals surface area contributed by atoms with Crippen LogP contribution in [0, 0.1) is 5.92 Å². The van der Waals surface area contributed by atoms with Gasteiger partial charge in [-0.1, -0.05) is 6.92 Å². The molecule has 0 aliphatic carbocycles. The predicted octanol–water partition coefficient (Wildman–Crippen LogP) is 1.53. The highest BCUT2D eigenvalue weighted by molar-refractivity contribution is 7.99. The van der Waals surface area contributed by atoms with Gasteiger partial charge in [-0.25, -0.2) is 0 Å². The van der Waals surface area contributed by atoms with Crippen molar-refractivity contribution >= 4 is 11.8 Å². The minimum atomic E-state index is -0.133. The third-order valence-corrected chi connectivity index (χ3v) is 3.20. The van der Waals surface area contributed by atoms with Gasteiger partial charge in [0.1, 0.15) is 0 Å². The summed E-state index contributed by atoms with van der Waals surface area (Å²) in [6, 6.07) is 0. The van der Waals surface area contributed by atoms with Gasteiger partial charge in [0, 0.05) is 12.5 Å². The van der Waals surface area contributed by atoms with E-state index in [0.29, 0.717) is 5.92 Å². The van der Waals surface area contributed by atoms with E-state index < -0.39 is 0 Å². The third kappa shape index (κ3) is 3.33. The summed E-state index contributed by atoms with van der Waals surface area (Å²) in [5.74, 6) is 2.63. The molecular weight excluding hydrogens is 172 g/mol. The van der Waals surface area contributed by atoms with Crippen molar-refractivity contribution in [2.45, 2.75) is 25.9 Å². The van der Waals surface area contributed by atoms with Gasteiger partial charge in [0.15, 0.2) is 0 Å². The van der Waals surface area contributed by atoms with Crippen molar-refractivity contribution in [1.29, 1.82) is 0 Å². The quantitative estimate of drug-likeness (QED) is 0.667. The Hall–Kier alpha value is 0.270. The molecule has 0 saturated carbocycles. The Morgan fingerprint density at radius 3 is 3.08 bits per heavy atom.